The fraction of sp³-hybridized carbons (Fsp3) is 0.545. The molecule has 0 unspecified atom stereocenters. The molecule has 0 aliphatic carbocycles. The van der Waals surface area contributed by atoms with Crippen LogP contribution in [0.2, 0.25) is 0 Å². The Bertz CT molecular complexity index is 1080. The van der Waals surface area contributed by atoms with Crippen molar-refractivity contribution < 1.29 is 14.4 Å². The fourth-order valence-electron chi connectivity index (χ4n) is 5.56. The molecule has 7 heteroatoms. The molecule has 1 aromatic rings. The van der Waals surface area contributed by atoms with E-state index in [1.165, 1.54) is 0 Å². The van der Waals surface area contributed by atoms with Crippen molar-refractivity contribution in [3.8, 4) is 0 Å². The van der Waals surface area contributed by atoms with Crippen LogP contribution in [0.4, 0.5) is 0 Å². The first kappa shape index (κ1) is 31.2. The zero-order chi connectivity index (χ0) is 29.8. The van der Waals surface area contributed by atoms with Crippen LogP contribution in [0.15, 0.2) is 60.8 Å². The number of nitrogens with one attached hydrogen (secondary N) is 2. The molecule has 2 aliphatic rings. The number of benzene rings is 1. The molecule has 2 N–H and O–H groups in total. The van der Waals surface area contributed by atoms with Crippen molar-refractivity contribution in [1.82, 2.24) is 20.4 Å². The number of likely N-dealkylation sites (tertiary alicyclic amines) is 2. The second kappa shape index (κ2) is 12.4. The van der Waals surface area contributed by atoms with Gasteiger partial charge in [-0.3, -0.25) is 14.4 Å². The maximum absolute atomic E-state index is 13.2. The molecule has 0 saturated carbocycles. The van der Waals surface area contributed by atoms with Gasteiger partial charge in [-0.05, 0) is 83.9 Å². The fourth-order valence-corrected chi connectivity index (χ4v) is 5.56. The van der Waals surface area contributed by atoms with Crippen molar-refractivity contribution in [1.29, 1.82) is 0 Å². The van der Waals surface area contributed by atoms with Gasteiger partial charge in [0.15, 0.2) is 0 Å². The van der Waals surface area contributed by atoms with E-state index >= 15 is 0 Å². The highest BCUT2D eigenvalue weighted by molar-refractivity contribution is 5.92. The molecule has 0 spiro atoms. The minimum absolute atomic E-state index is 0.00561. The first-order valence-corrected chi connectivity index (χ1v) is 14.4. The van der Waals surface area contributed by atoms with Gasteiger partial charge in [0.05, 0.1) is 11.1 Å². The van der Waals surface area contributed by atoms with Crippen LogP contribution < -0.4 is 10.6 Å². The van der Waals surface area contributed by atoms with Crippen molar-refractivity contribution in [2.45, 2.75) is 78.3 Å². The number of nitrogens with zero attached hydrogens (tertiary/aromatic N) is 2. The van der Waals surface area contributed by atoms with E-state index in [1.807, 2.05) is 52.8 Å². The molecule has 3 rings (SSSR count). The Labute approximate surface area is 240 Å². The average molecular weight is 549 g/mol. The quantitative estimate of drug-likeness (QED) is 0.336. The monoisotopic (exact) mass is 548 g/mol. The van der Waals surface area contributed by atoms with Crippen molar-refractivity contribution >= 4 is 17.7 Å². The summed E-state index contributed by atoms with van der Waals surface area (Å²) in [6, 6.07) is 8.10. The Balaban J connectivity index is 1.61. The molecule has 0 bridgehead atoms. The van der Waals surface area contributed by atoms with E-state index < -0.39 is 11.1 Å². The van der Waals surface area contributed by atoms with Crippen LogP contribution in [-0.2, 0) is 25.5 Å². The number of piperidine rings is 2. The average Bonchev–Trinajstić information content (AvgIpc) is 2.91. The summed E-state index contributed by atoms with van der Waals surface area (Å²) >= 11 is 0. The van der Waals surface area contributed by atoms with Gasteiger partial charge in [-0.2, -0.15) is 0 Å². The van der Waals surface area contributed by atoms with Gasteiger partial charge >= 0.3 is 0 Å². The van der Waals surface area contributed by atoms with Crippen LogP contribution in [0.25, 0.3) is 0 Å². The normalized spacial score (nSPS) is 17.2. The highest BCUT2D eigenvalue weighted by Gasteiger charge is 2.33. The summed E-state index contributed by atoms with van der Waals surface area (Å²) in [6.07, 6.45) is 2.85. The van der Waals surface area contributed by atoms with Gasteiger partial charge < -0.3 is 20.4 Å². The minimum Gasteiger partial charge on any atom is -0.372 e. The van der Waals surface area contributed by atoms with Crippen molar-refractivity contribution in [2.24, 2.45) is 11.8 Å². The standard InChI is InChI=1S/C33H48N4O3/c1-22(2)24(5)36-17-13-25(14-18-36)29(38)34-32(6,7)27-11-10-12-28(21-27)33(8,9)35-30(39)26-15-19-37(20-16-26)31(40)23(3)4/h10-12,21,25-26H,1,3,5,13-20H2,2,4,6-9H3,(H,34,38)(H,35,39). The van der Waals surface area contributed by atoms with Crippen molar-refractivity contribution in [3.63, 3.8) is 0 Å². The summed E-state index contributed by atoms with van der Waals surface area (Å²) in [5.74, 6) is -0.133. The highest BCUT2D eigenvalue weighted by atomic mass is 16.2. The number of allylic oxidation sites excluding steroid dienone is 1. The molecular formula is C33H48N4O3. The van der Waals surface area contributed by atoms with Gasteiger partial charge in [0, 0.05) is 49.3 Å². The van der Waals surface area contributed by atoms with E-state index in [0.717, 1.165) is 48.3 Å². The minimum atomic E-state index is -0.601. The van der Waals surface area contributed by atoms with Crippen LogP contribution in [0.1, 0.15) is 78.4 Å². The number of carbonyl (C=O) groups excluding carboxylic acids is 3. The van der Waals surface area contributed by atoms with Gasteiger partial charge in [-0.25, -0.2) is 0 Å². The van der Waals surface area contributed by atoms with E-state index in [4.69, 9.17) is 0 Å². The van der Waals surface area contributed by atoms with E-state index in [2.05, 4.69) is 41.3 Å². The molecule has 2 heterocycles. The van der Waals surface area contributed by atoms with Crippen LogP contribution >= 0.6 is 0 Å². The summed E-state index contributed by atoms with van der Waals surface area (Å²) in [5.41, 5.74) is 3.23. The predicted molar refractivity (Wildman–Crippen MR) is 161 cm³/mol. The summed E-state index contributed by atoms with van der Waals surface area (Å²) in [5, 5.41) is 6.51. The molecule has 40 heavy (non-hydrogen) atoms. The van der Waals surface area contributed by atoms with Crippen molar-refractivity contribution in [3.05, 3.63) is 72.0 Å². The SMILES string of the molecule is C=C(C)C(=C)N1CCC(C(=O)NC(C)(C)c2cccc(C(C)(C)NC(=O)C3CCN(C(=O)C(=C)C)CC3)c2)CC1. The summed E-state index contributed by atoms with van der Waals surface area (Å²) in [4.78, 5) is 42.6. The largest absolute Gasteiger partial charge is 0.372 e. The molecule has 2 fully saturated rings. The Morgan fingerprint density at radius 3 is 1.50 bits per heavy atom. The van der Waals surface area contributed by atoms with Gasteiger partial charge in [0.2, 0.25) is 17.7 Å². The number of amides is 3. The first-order chi connectivity index (χ1) is 18.6. The lowest BCUT2D eigenvalue weighted by molar-refractivity contribution is -0.133. The molecule has 0 atom stereocenters. The zero-order valence-electron chi connectivity index (χ0n) is 25.4. The van der Waals surface area contributed by atoms with Crippen LogP contribution in [0.5, 0.6) is 0 Å². The molecule has 3 amide bonds. The molecule has 2 aliphatic heterocycles. The van der Waals surface area contributed by atoms with Crippen LogP contribution in [-0.4, -0.2) is 53.7 Å². The van der Waals surface area contributed by atoms with Crippen LogP contribution in [0.3, 0.4) is 0 Å². The summed E-state index contributed by atoms with van der Waals surface area (Å²) < 4.78 is 0. The Morgan fingerprint density at radius 1 is 0.725 bits per heavy atom. The van der Waals surface area contributed by atoms with Crippen molar-refractivity contribution in [2.75, 3.05) is 26.2 Å². The number of hydrogen-bond donors (Lipinski definition) is 2. The van der Waals surface area contributed by atoms with E-state index in [9.17, 15) is 14.4 Å². The third kappa shape index (κ3) is 7.43. The summed E-state index contributed by atoms with van der Waals surface area (Å²) in [7, 11) is 0. The number of carbonyl (C=O) groups is 3. The molecule has 2 saturated heterocycles. The molecule has 7 nitrogen and oxygen atoms in total. The second-order valence-corrected chi connectivity index (χ2v) is 12.6. The maximum Gasteiger partial charge on any atom is 0.248 e. The number of rotatable bonds is 9. The molecule has 0 radical (unpaired) electrons. The molecule has 218 valence electrons. The number of hydrogen-bond acceptors (Lipinski definition) is 4. The third-order valence-corrected chi connectivity index (χ3v) is 8.44. The Morgan fingerprint density at radius 2 is 1.12 bits per heavy atom. The second-order valence-electron chi connectivity index (χ2n) is 12.6. The van der Waals surface area contributed by atoms with Gasteiger partial charge in [0.1, 0.15) is 0 Å². The molecule has 0 aromatic heterocycles. The first-order valence-electron chi connectivity index (χ1n) is 14.4. The van der Waals surface area contributed by atoms with Crippen LogP contribution in [0, 0.1) is 11.8 Å². The highest BCUT2D eigenvalue weighted by Crippen LogP contribution is 2.29. The smallest absolute Gasteiger partial charge is 0.248 e. The third-order valence-electron chi connectivity index (χ3n) is 8.44. The van der Waals surface area contributed by atoms with Gasteiger partial charge in [0.25, 0.3) is 0 Å². The summed E-state index contributed by atoms with van der Waals surface area (Å²) in [6.45, 7) is 26.3. The Hall–Kier alpha value is -3.35. The Kier molecular flexibility index (Phi) is 9.70. The van der Waals surface area contributed by atoms with E-state index in [1.54, 1.807) is 11.8 Å². The lowest BCUT2D eigenvalue weighted by atomic mass is 9.85. The van der Waals surface area contributed by atoms with Gasteiger partial charge in [-0.15, -0.1) is 0 Å². The van der Waals surface area contributed by atoms with E-state index in [-0.39, 0.29) is 29.6 Å². The van der Waals surface area contributed by atoms with E-state index in [0.29, 0.717) is 31.5 Å². The lowest BCUT2D eigenvalue weighted by Gasteiger charge is -2.37. The maximum atomic E-state index is 13.2. The predicted octanol–water partition coefficient (Wildman–Crippen LogP) is 5.01. The zero-order valence-corrected chi connectivity index (χ0v) is 25.4. The topological polar surface area (TPSA) is 81.8 Å². The molecular weight excluding hydrogens is 500 g/mol. The lowest BCUT2D eigenvalue weighted by Crippen LogP contribution is -2.48. The molecule has 1 aromatic carbocycles. The van der Waals surface area contributed by atoms with Gasteiger partial charge in [-0.1, -0.05) is 44.0 Å².